The molecule has 0 aromatic carbocycles. The van der Waals surface area contributed by atoms with Crippen LogP contribution in [-0.2, 0) is 4.79 Å². The van der Waals surface area contributed by atoms with Crippen molar-refractivity contribution in [1.82, 2.24) is 15.3 Å². The van der Waals surface area contributed by atoms with Crippen molar-refractivity contribution < 1.29 is 4.79 Å². The standard InChI is InChI=1S/C11H12ClN3OS2/c1-3-13-7(16)4-17-11-9-8(14-5-15-11)6(2)10(12)18-9/h5H,3-4H2,1-2H3,(H,13,16). The lowest BCUT2D eigenvalue weighted by atomic mass is 10.3. The zero-order valence-electron chi connectivity index (χ0n) is 9.99. The van der Waals surface area contributed by atoms with Crippen molar-refractivity contribution in [1.29, 1.82) is 0 Å². The molecule has 18 heavy (non-hydrogen) atoms. The Hall–Kier alpha value is -0.850. The number of thioether (sulfide) groups is 1. The van der Waals surface area contributed by atoms with Crippen molar-refractivity contribution >= 4 is 50.8 Å². The van der Waals surface area contributed by atoms with E-state index in [2.05, 4.69) is 15.3 Å². The maximum absolute atomic E-state index is 11.4. The number of rotatable bonds is 4. The fraction of sp³-hybridized carbons (Fsp3) is 0.364. The van der Waals surface area contributed by atoms with Crippen LogP contribution >= 0.6 is 34.7 Å². The van der Waals surface area contributed by atoms with Crippen LogP contribution < -0.4 is 5.32 Å². The van der Waals surface area contributed by atoms with Crippen LogP contribution in [0.25, 0.3) is 10.2 Å². The van der Waals surface area contributed by atoms with Gasteiger partial charge in [0, 0.05) is 12.1 Å². The lowest BCUT2D eigenvalue weighted by molar-refractivity contribution is -0.118. The molecule has 0 unspecified atom stereocenters. The van der Waals surface area contributed by atoms with Gasteiger partial charge in [0.25, 0.3) is 0 Å². The van der Waals surface area contributed by atoms with Crippen LogP contribution in [0.3, 0.4) is 0 Å². The van der Waals surface area contributed by atoms with E-state index in [9.17, 15) is 4.79 Å². The smallest absolute Gasteiger partial charge is 0.230 e. The minimum absolute atomic E-state index is 0.00800. The number of fused-ring (bicyclic) bond motifs is 1. The molecule has 2 rings (SSSR count). The van der Waals surface area contributed by atoms with Crippen molar-refractivity contribution in [2.24, 2.45) is 0 Å². The molecule has 0 atom stereocenters. The number of nitrogens with one attached hydrogen (secondary N) is 1. The van der Waals surface area contributed by atoms with Crippen LogP contribution in [0, 0.1) is 6.92 Å². The third-order valence-corrected chi connectivity index (χ3v) is 5.04. The molecule has 7 heteroatoms. The molecule has 0 aliphatic rings. The SMILES string of the molecule is CCNC(=O)CSc1ncnc2c(C)c(Cl)sc12. The summed E-state index contributed by atoms with van der Waals surface area (Å²) in [4.78, 5) is 19.9. The fourth-order valence-electron chi connectivity index (χ4n) is 1.46. The number of aromatic nitrogens is 2. The van der Waals surface area contributed by atoms with Crippen LogP contribution in [0.15, 0.2) is 11.4 Å². The molecule has 0 aliphatic heterocycles. The maximum Gasteiger partial charge on any atom is 0.230 e. The van der Waals surface area contributed by atoms with E-state index < -0.39 is 0 Å². The average Bonchev–Trinajstić information content (AvgIpc) is 2.64. The van der Waals surface area contributed by atoms with Gasteiger partial charge in [-0.2, -0.15) is 0 Å². The quantitative estimate of drug-likeness (QED) is 0.697. The Labute approximate surface area is 118 Å². The number of nitrogens with zero attached hydrogens (tertiary/aromatic N) is 2. The second-order valence-electron chi connectivity index (χ2n) is 3.60. The van der Waals surface area contributed by atoms with E-state index in [1.165, 1.54) is 29.4 Å². The average molecular weight is 302 g/mol. The molecule has 0 aliphatic carbocycles. The van der Waals surface area contributed by atoms with Crippen molar-refractivity contribution in [3.05, 3.63) is 16.2 Å². The van der Waals surface area contributed by atoms with E-state index in [1.54, 1.807) is 0 Å². The van der Waals surface area contributed by atoms with Gasteiger partial charge in [-0.1, -0.05) is 23.4 Å². The van der Waals surface area contributed by atoms with Crippen LogP contribution in [-0.4, -0.2) is 28.2 Å². The van der Waals surface area contributed by atoms with E-state index in [4.69, 9.17) is 11.6 Å². The Morgan fingerprint density at radius 1 is 1.56 bits per heavy atom. The normalized spacial score (nSPS) is 10.8. The van der Waals surface area contributed by atoms with E-state index >= 15 is 0 Å². The zero-order valence-corrected chi connectivity index (χ0v) is 12.4. The topological polar surface area (TPSA) is 54.9 Å². The largest absolute Gasteiger partial charge is 0.356 e. The second-order valence-corrected chi connectivity index (χ2v) is 6.19. The Balaban J connectivity index is 2.23. The highest BCUT2D eigenvalue weighted by atomic mass is 35.5. The first-order valence-corrected chi connectivity index (χ1v) is 7.60. The van der Waals surface area contributed by atoms with Gasteiger partial charge in [-0.25, -0.2) is 9.97 Å². The summed E-state index contributed by atoms with van der Waals surface area (Å²) < 4.78 is 1.68. The number of carbonyl (C=O) groups is 1. The summed E-state index contributed by atoms with van der Waals surface area (Å²) in [6, 6.07) is 0. The van der Waals surface area contributed by atoms with Gasteiger partial charge in [-0.3, -0.25) is 4.79 Å². The number of aryl methyl sites for hydroxylation is 1. The van der Waals surface area contributed by atoms with Crippen LogP contribution in [0.5, 0.6) is 0 Å². The third-order valence-electron chi connectivity index (χ3n) is 2.33. The Bertz CT molecular complexity index is 585. The first kappa shape index (κ1) is 13.6. The van der Waals surface area contributed by atoms with E-state index in [1.807, 2.05) is 13.8 Å². The van der Waals surface area contributed by atoms with Gasteiger partial charge in [0.15, 0.2) is 0 Å². The molecule has 2 heterocycles. The van der Waals surface area contributed by atoms with Crippen molar-refractivity contribution in [3.8, 4) is 0 Å². The van der Waals surface area contributed by atoms with Crippen LogP contribution in [0.1, 0.15) is 12.5 Å². The molecule has 1 N–H and O–H groups in total. The molecule has 0 spiro atoms. The van der Waals surface area contributed by atoms with Crippen LogP contribution in [0.4, 0.5) is 0 Å². The number of hydrogen-bond acceptors (Lipinski definition) is 5. The summed E-state index contributed by atoms with van der Waals surface area (Å²) in [5, 5.41) is 3.57. The number of halogens is 1. The summed E-state index contributed by atoms with van der Waals surface area (Å²) in [7, 11) is 0. The lowest BCUT2D eigenvalue weighted by Crippen LogP contribution is -2.24. The molecule has 0 saturated heterocycles. The third kappa shape index (κ3) is 2.76. The fourth-order valence-corrected chi connectivity index (χ4v) is 3.67. The van der Waals surface area contributed by atoms with Crippen molar-refractivity contribution in [2.75, 3.05) is 12.3 Å². The van der Waals surface area contributed by atoms with Gasteiger partial charge in [-0.05, 0) is 13.8 Å². The summed E-state index contributed by atoms with van der Waals surface area (Å²) in [5.41, 5.74) is 1.84. The highest BCUT2D eigenvalue weighted by Crippen LogP contribution is 2.37. The van der Waals surface area contributed by atoms with Gasteiger partial charge in [-0.15, -0.1) is 11.3 Å². The maximum atomic E-state index is 11.4. The summed E-state index contributed by atoms with van der Waals surface area (Å²) in [5.74, 6) is 0.364. The monoisotopic (exact) mass is 301 g/mol. The molecule has 4 nitrogen and oxygen atoms in total. The molecule has 0 radical (unpaired) electrons. The van der Waals surface area contributed by atoms with Gasteiger partial charge in [0.05, 0.1) is 20.3 Å². The highest BCUT2D eigenvalue weighted by molar-refractivity contribution is 8.00. The summed E-state index contributed by atoms with van der Waals surface area (Å²) in [6.45, 7) is 4.47. The second kappa shape index (κ2) is 5.86. The molecular formula is C11H12ClN3OS2. The van der Waals surface area contributed by atoms with Gasteiger partial charge in [0.1, 0.15) is 11.4 Å². The number of thiophene rings is 1. The molecular weight excluding hydrogens is 290 g/mol. The highest BCUT2D eigenvalue weighted by Gasteiger charge is 2.13. The van der Waals surface area contributed by atoms with Crippen LogP contribution in [0.2, 0.25) is 4.34 Å². The molecule has 1 amide bonds. The molecule has 0 fully saturated rings. The van der Waals surface area contributed by atoms with E-state index in [0.29, 0.717) is 12.3 Å². The predicted octanol–water partition coefficient (Wildman–Crippen LogP) is 2.88. The van der Waals surface area contributed by atoms with Crippen molar-refractivity contribution in [2.45, 2.75) is 18.9 Å². The Morgan fingerprint density at radius 2 is 2.33 bits per heavy atom. The van der Waals surface area contributed by atoms with Gasteiger partial charge in [0.2, 0.25) is 5.91 Å². The van der Waals surface area contributed by atoms with Gasteiger partial charge >= 0.3 is 0 Å². The van der Waals surface area contributed by atoms with E-state index in [0.717, 1.165) is 25.1 Å². The molecule has 2 aromatic rings. The Morgan fingerprint density at radius 3 is 3.06 bits per heavy atom. The summed E-state index contributed by atoms with van der Waals surface area (Å²) in [6.07, 6.45) is 1.51. The van der Waals surface area contributed by atoms with E-state index in [-0.39, 0.29) is 5.91 Å². The zero-order chi connectivity index (χ0) is 13.1. The predicted molar refractivity (Wildman–Crippen MR) is 76.6 cm³/mol. The number of carbonyl (C=O) groups excluding carboxylic acids is 1. The first-order chi connectivity index (χ1) is 8.63. The molecule has 0 bridgehead atoms. The molecule has 0 saturated carbocycles. The Kier molecular flexibility index (Phi) is 4.42. The van der Waals surface area contributed by atoms with Crippen molar-refractivity contribution in [3.63, 3.8) is 0 Å². The van der Waals surface area contributed by atoms with Gasteiger partial charge < -0.3 is 5.32 Å². The number of amides is 1. The summed E-state index contributed by atoms with van der Waals surface area (Å²) >= 11 is 8.97. The lowest BCUT2D eigenvalue weighted by Gasteiger charge is -2.02. The first-order valence-electron chi connectivity index (χ1n) is 5.42. The minimum atomic E-state index is 0.00800. The number of hydrogen-bond donors (Lipinski definition) is 1. The molecule has 2 aromatic heterocycles. The minimum Gasteiger partial charge on any atom is -0.356 e. The molecule has 96 valence electrons.